The number of benzene rings is 1. The highest BCUT2D eigenvalue weighted by Crippen LogP contribution is 2.38. The smallest absolute Gasteiger partial charge is 0.407 e. The summed E-state index contributed by atoms with van der Waals surface area (Å²) in [5, 5.41) is 9.47. The molecule has 0 bridgehead atoms. The standard InChI is InChI=1S/C19H27NO5/c1-19(2,3)15-11-12(9-10-20(15)18(22)23)16(21)13-7-6-8-14(24-4)17(13)25-5/h6-8,12,15H,9-11H2,1-5H3,(H,22,23). The number of para-hydroxylation sites is 1. The number of hydrogen-bond donors (Lipinski definition) is 1. The van der Waals surface area contributed by atoms with Gasteiger partial charge in [0.25, 0.3) is 0 Å². The molecule has 1 heterocycles. The van der Waals surface area contributed by atoms with E-state index in [2.05, 4.69) is 0 Å². The molecule has 138 valence electrons. The van der Waals surface area contributed by atoms with Gasteiger partial charge in [0.2, 0.25) is 0 Å². The molecule has 2 rings (SSSR count). The number of methoxy groups -OCH3 is 2. The van der Waals surface area contributed by atoms with Crippen molar-refractivity contribution in [3.8, 4) is 11.5 Å². The molecule has 0 aliphatic carbocycles. The fourth-order valence-electron chi connectivity index (χ4n) is 3.55. The molecular formula is C19H27NO5. The second-order valence-electron chi connectivity index (χ2n) is 7.48. The lowest BCUT2D eigenvalue weighted by atomic mass is 9.75. The van der Waals surface area contributed by atoms with Gasteiger partial charge in [-0.15, -0.1) is 0 Å². The van der Waals surface area contributed by atoms with Crippen molar-refractivity contribution < 1.29 is 24.2 Å². The molecule has 25 heavy (non-hydrogen) atoms. The summed E-state index contributed by atoms with van der Waals surface area (Å²) in [4.78, 5) is 26.1. The van der Waals surface area contributed by atoms with Gasteiger partial charge in [-0.1, -0.05) is 26.8 Å². The SMILES string of the molecule is COc1cccc(C(=O)C2CCN(C(=O)O)C(C(C)(C)C)C2)c1OC. The Balaban J connectivity index is 2.31. The summed E-state index contributed by atoms with van der Waals surface area (Å²) in [6, 6.07) is 5.05. The van der Waals surface area contributed by atoms with E-state index in [1.807, 2.05) is 20.8 Å². The third-order valence-corrected chi connectivity index (χ3v) is 4.89. The fourth-order valence-corrected chi connectivity index (χ4v) is 3.55. The minimum Gasteiger partial charge on any atom is -0.493 e. The van der Waals surface area contributed by atoms with Crippen LogP contribution in [0.15, 0.2) is 18.2 Å². The van der Waals surface area contributed by atoms with E-state index in [1.54, 1.807) is 18.2 Å². The Morgan fingerprint density at radius 2 is 1.88 bits per heavy atom. The predicted molar refractivity (Wildman–Crippen MR) is 94.6 cm³/mol. The van der Waals surface area contributed by atoms with Gasteiger partial charge in [-0.3, -0.25) is 4.79 Å². The molecule has 0 saturated carbocycles. The summed E-state index contributed by atoms with van der Waals surface area (Å²) in [6.07, 6.45) is 0.0948. The Kier molecular flexibility index (Phi) is 5.60. The molecule has 2 atom stereocenters. The second kappa shape index (κ2) is 7.33. The molecule has 1 saturated heterocycles. The molecule has 1 aliphatic heterocycles. The van der Waals surface area contributed by atoms with E-state index in [4.69, 9.17) is 9.47 Å². The molecule has 6 heteroatoms. The highest BCUT2D eigenvalue weighted by Gasteiger charge is 2.41. The zero-order chi connectivity index (χ0) is 18.8. The van der Waals surface area contributed by atoms with Crippen LogP contribution in [0.5, 0.6) is 11.5 Å². The molecule has 0 spiro atoms. The van der Waals surface area contributed by atoms with Gasteiger partial charge in [0.05, 0.1) is 19.8 Å². The van der Waals surface area contributed by atoms with Crippen LogP contribution < -0.4 is 9.47 Å². The van der Waals surface area contributed by atoms with Gasteiger partial charge in [0, 0.05) is 18.5 Å². The fraction of sp³-hybridized carbons (Fsp3) is 0.579. The number of Topliss-reactive ketones (excluding diaryl/α,β-unsaturated/α-hetero) is 1. The van der Waals surface area contributed by atoms with Crippen molar-refractivity contribution >= 4 is 11.9 Å². The summed E-state index contributed by atoms with van der Waals surface area (Å²) in [7, 11) is 3.05. The summed E-state index contributed by atoms with van der Waals surface area (Å²) >= 11 is 0. The Labute approximate surface area is 148 Å². The first-order chi connectivity index (χ1) is 11.7. The first-order valence-electron chi connectivity index (χ1n) is 8.45. The lowest BCUT2D eigenvalue weighted by Gasteiger charge is -2.44. The Hall–Kier alpha value is -2.24. The van der Waals surface area contributed by atoms with Crippen molar-refractivity contribution in [2.24, 2.45) is 11.3 Å². The van der Waals surface area contributed by atoms with E-state index < -0.39 is 6.09 Å². The van der Waals surface area contributed by atoms with E-state index in [1.165, 1.54) is 19.1 Å². The summed E-state index contributed by atoms with van der Waals surface area (Å²) < 4.78 is 10.7. The average Bonchev–Trinajstić information content (AvgIpc) is 2.58. The number of ketones is 1. The zero-order valence-electron chi connectivity index (χ0n) is 15.5. The van der Waals surface area contributed by atoms with E-state index in [0.717, 1.165) is 0 Å². The van der Waals surface area contributed by atoms with E-state index in [9.17, 15) is 14.7 Å². The van der Waals surface area contributed by atoms with Crippen LogP contribution in [0, 0.1) is 11.3 Å². The molecule has 0 aromatic heterocycles. The van der Waals surface area contributed by atoms with Gasteiger partial charge >= 0.3 is 6.09 Å². The minimum atomic E-state index is -0.926. The van der Waals surface area contributed by atoms with Crippen LogP contribution in [0.2, 0.25) is 0 Å². The maximum atomic E-state index is 13.1. The van der Waals surface area contributed by atoms with Crippen molar-refractivity contribution in [2.45, 2.75) is 39.7 Å². The number of carboxylic acid groups (broad SMARTS) is 1. The minimum absolute atomic E-state index is 0.0185. The third-order valence-electron chi connectivity index (χ3n) is 4.89. The monoisotopic (exact) mass is 349 g/mol. The van der Waals surface area contributed by atoms with Gasteiger partial charge < -0.3 is 19.5 Å². The molecule has 1 fully saturated rings. The number of hydrogen-bond acceptors (Lipinski definition) is 4. The molecule has 1 amide bonds. The highest BCUT2D eigenvalue weighted by atomic mass is 16.5. The van der Waals surface area contributed by atoms with Crippen LogP contribution in [0.3, 0.4) is 0 Å². The maximum Gasteiger partial charge on any atom is 0.407 e. The molecule has 1 aromatic rings. The number of amides is 1. The van der Waals surface area contributed by atoms with Crippen molar-refractivity contribution in [1.29, 1.82) is 0 Å². The number of nitrogens with zero attached hydrogens (tertiary/aromatic N) is 1. The van der Waals surface area contributed by atoms with Gasteiger partial charge in [0.15, 0.2) is 17.3 Å². The van der Waals surface area contributed by atoms with Gasteiger partial charge in [-0.25, -0.2) is 4.79 Å². The first kappa shape index (κ1) is 19.1. The maximum absolute atomic E-state index is 13.1. The predicted octanol–water partition coefficient (Wildman–Crippen LogP) is 3.69. The van der Waals surface area contributed by atoms with Crippen molar-refractivity contribution in [2.75, 3.05) is 20.8 Å². The van der Waals surface area contributed by atoms with Crippen molar-refractivity contribution in [3.63, 3.8) is 0 Å². The lowest BCUT2D eigenvalue weighted by molar-refractivity contribution is 0.0376. The molecule has 1 aromatic carbocycles. The largest absolute Gasteiger partial charge is 0.493 e. The summed E-state index contributed by atoms with van der Waals surface area (Å²) in [5.41, 5.74) is 0.249. The van der Waals surface area contributed by atoms with Crippen LogP contribution in [0.1, 0.15) is 44.0 Å². The quantitative estimate of drug-likeness (QED) is 0.839. The number of carbonyl (C=O) groups excluding carboxylic acids is 1. The summed E-state index contributed by atoms with van der Waals surface area (Å²) in [5.74, 6) is 0.697. The molecule has 2 unspecified atom stereocenters. The van der Waals surface area contributed by atoms with Crippen LogP contribution in [-0.2, 0) is 0 Å². The lowest BCUT2D eigenvalue weighted by Crippen LogP contribution is -2.52. The first-order valence-corrected chi connectivity index (χ1v) is 8.45. The van der Waals surface area contributed by atoms with Gasteiger partial charge in [0.1, 0.15) is 0 Å². The molecule has 0 radical (unpaired) electrons. The van der Waals surface area contributed by atoms with Crippen LogP contribution in [0.25, 0.3) is 0 Å². The van der Waals surface area contributed by atoms with Crippen molar-refractivity contribution in [3.05, 3.63) is 23.8 Å². The van der Waals surface area contributed by atoms with E-state index >= 15 is 0 Å². The molecular weight excluding hydrogens is 322 g/mol. The Morgan fingerprint density at radius 3 is 2.40 bits per heavy atom. The van der Waals surface area contributed by atoms with Crippen LogP contribution in [-0.4, -0.2) is 48.7 Å². The number of rotatable bonds is 4. The average molecular weight is 349 g/mol. The second-order valence-corrected chi connectivity index (χ2v) is 7.48. The number of likely N-dealkylation sites (tertiary alicyclic amines) is 1. The van der Waals surface area contributed by atoms with Gasteiger partial charge in [-0.2, -0.15) is 0 Å². The highest BCUT2D eigenvalue weighted by molar-refractivity contribution is 6.01. The summed E-state index contributed by atoms with van der Waals surface area (Å²) in [6.45, 7) is 6.38. The van der Waals surface area contributed by atoms with Crippen LogP contribution in [0.4, 0.5) is 4.79 Å². The van der Waals surface area contributed by atoms with E-state index in [-0.39, 0.29) is 23.2 Å². The molecule has 1 N–H and O–H groups in total. The molecule has 6 nitrogen and oxygen atoms in total. The van der Waals surface area contributed by atoms with E-state index in [0.29, 0.717) is 36.4 Å². The Morgan fingerprint density at radius 1 is 1.20 bits per heavy atom. The van der Waals surface area contributed by atoms with Crippen molar-refractivity contribution in [1.82, 2.24) is 4.90 Å². The topological polar surface area (TPSA) is 76.1 Å². The zero-order valence-corrected chi connectivity index (χ0v) is 15.5. The third kappa shape index (κ3) is 3.89. The normalized spacial score (nSPS) is 20.9. The Bertz CT molecular complexity index is 650. The number of carbonyl (C=O) groups is 2. The van der Waals surface area contributed by atoms with Gasteiger partial charge in [-0.05, 0) is 30.4 Å². The van der Waals surface area contributed by atoms with Crippen LogP contribution >= 0.6 is 0 Å². The number of ether oxygens (including phenoxy) is 2. The number of piperidine rings is 1. The molecule has 1 aliphatic rings.